The fourth-order valence-electron chi connectivity index (χ4n) is 3.08. The van der Waals surface area contributed by atoms with Gasteiger partial charge in [-0.05, 0) is 37.8 Å². The Labute approximate surface area is 148 Å². The van der Waals surface area contributed by atoms with Crippen molar-refractivity contribution in [3.8, 4) is 11.5 Å². The van der Waals surface area contributed by atoms with Crippen molar-refractivity contribution in [1.82, 2.24) is 5.32 Å². The number of hydrogen-bond acceptors (Lipinski definition) is 5. The van der Waals surface area contributed by atoms with Crippen LogP contribution in [0.1, 0.15) is 49.9 Å². The van der Waals surface area contributed by atoms with Crippen LogP contribution in [0.3, 0.4) is 0 Å². The molecule has 0 radical (unpaired) electrons. The topological polar surface area (TPSA) is 73.9 Å². The van der Waals surface area contributed by atoms with Crippen LogP contribution in [0.5, 0.6) is 11.5 Å². The van der Waals surface area contributed by atoms with Crippen molar-refractivity contribution in [3.05, 3.63) is 23.8 Å². The van der Waals surface area contributed by atoms with Gasteiger partial charge in [0.1, 0.15) is 17.1 Å². The highest BCUT2D eigenvalue weighted by Crippen LogP contribution is 2.26. The van der Waals surface area contributed by atoms with Gasteiger partial charge in [0.05, 0.1) is 14.2 Å². The molecule has 0 saturated heterocycles. The molecule has 1 aliphatic rings. The number of nitrogens with one attached hydrogen (secondary N) is 1. The average Bonchev–Trinajstić information content (AvgIpc) is 2.62. The number of benzene rings is 1. The summed E-state index contributed by atoms with van der Waals surface area (Å²) in [5, 5.41) is 3.00. The van der Waals surface area contributed by atoms with Gasteiger partial charge >= 0.3 is 5.97 Å². The van der Waals surface area contributed by atoms with E-state index >= 15 is 0 Å². The molecule has 0 aliphatic heterocycles. The van der Waals surface area contributed by atoms with E-state index in [0.29, 0.717) is 17.4 Å². The number of amides is 1. The predicted octanol–water partition coefficient (Wildman–Crippen LogP) is 2.94. The molecule has 1 N–H and O–H groups in total. The molecule has 1 amide bonds. The van der Waals surface area contributed by atoms with Crippen molar-refractivity contribution in [2.75, 3.05) is 14.2 Å². The Morgan fingerprint density at radius 2 is 1.88 bits per heavy atom. The summed E-state index contributed by atoms with van der Waals surface area (Å²) in [6.07, 6.45) is 3.54. The van der Waals surface area contributed by atoms with E-state index in [4.69, 9.17) is 14.2 Å². The second-order valence-electron chi connectivity index (χ2n) is 6.49. The van der Waals surface area contributed by atoms with Crippen LogP contribution in [-0.2, 0) is 9.53 Å². The lowest BCUT2D eigenvalue weighted by atomic mass is 9.86. The van der Waals surface area contributed by atoms with Gasteiger partial charge in [0.25, 0.3) is 5.91 Å². The molecule has 2 rings (SSSR count). The minimum Gasteiger partial charge on any atom is -0.497 e. The third-order valence-electron chi connectivity index (χ3n) is 4.72. The molecular formula is C19H27NO5. The van der Waals surface area contributed by atoms with Crippen molar-refractivity contribution < 1.29 is 23.8 Å². The Morgan fingerprint density at radius 1 is 1.16 bits per heavy atom. The van der Waals surface area contributed by atoms with Crippen LogP contribution in [-0.4, -0.2) is 38.2 Å². The first-order chi connectivity index (χ1) is 12.0. The number of carbonyl (C=O) groups is 2. The number of hydrogen-bond donors (Lipinski definition) is 1. The maximum atomic E-state index is 12.4. The number of rotatable bonds is 6. The molecule has 25 heavy (non-hydrogen) atoms. The minimum absolute atomic E-state index is 0.151. The van der Waals surface area contributed by atoms with E-state index in [1.807, 2.05) is 0 Å². The zero-order valence-corrected chi connectivity index (χ0v) is 15.3. The molecule has 6 nitrogen and oxygen atoms in total. The predicted molar refractivity (Wildman–Crippen MR) is 94.0 cm³/mol. The first kappa shape index (κ1) is 19.1. The van der Waals surface area contributed by atoms with Gasteiger partial charge in [0.15, 0.2) is 6.10 Å². The molecule has 138 valence electrons. The summed E-state index contributed by atoms with van der Waals surface area (Å²) in [5.74, 6) is 0.504. The molecule has 1 aromatic carbocycles. The number of ether oxygens (including phenoxy) is 3. The summed E-state index contributed by atoms with van der Waals surface area (Å²) >= 11 is 0. The summed E-state index contributed by atoms with van der Waals surface area (Å²) in [4.78, 5) is 24.7. The van der Waals surface area contributed by atoms with Gasteiger partial charge in [-0.25, -0.2) is 4.79 Å². The Kier molecular flexibility index (Phi) is 6.67. The van der Waals surface area contributed by atoms with E-state index in [0.717, 1.165) is 19.3 Å². The van der Waals surface area contributed by atoms with Crippen molar-refractivity contribution in [3.63, 3.8) is 0 Å². The van der Waals surface area contributed by atoms with Crippen LogP contribution in [0.15, 0.2) is 18.2 Å². The van der Waals surface area contributed by atoms with Gasteiger partial charge in [-0.1, -0.05) is 19.8 Å². The summed E-state index contributed by atoms with van der Waals surface area (Å²) in [7, 11) is 3.00. The smallest absolute Gasteiger partial charge is 0.342 e. The Balaban J connectivity index is 1.98. The zero-order valence-electron chi connectivity index (χ0n) is 15.3. The van der Waals surface area contributed by atoms with Crippen molar-refractivity contribution in [1.29, 1.82) is 0 Å². The van der Waals surface area contributed by atoms with Crippen LogP contribution in [0.25, 0.3) is 0 Å². The quantitative estimate of drug-likeness (QED) is 0.799. The van der Waals surface area contributed by atoms with Gasteiger partial charge in [-0.3, -0.25) is 4.79 Å². The van der Waals surface area contributed by atoms with Crippen LogP contribution in [0.4, 0.5) is 0 Å². The van der Waals surface area contributed by atoms with E-state index in [1.165, 1.54) is 20.6 Å². The Bertz CT molecular complexity index is 616. The maximum absolute atomic E-state index is 12.4. The first-order valence-corrected chi connectivity index (χ1v) is 8.69. The fraction of sp³-hybridized carbons (Fsp3) is 0.579. The van der Waals surface area contributed by atoms with Crippen LogP contribution >= 0.6 is 0 Å². The van der Waals surface area contributed by atoms with Gasteiger partial charge in [0.2, 0.25) is 0 Å². The lowest BCUT2D eigenvalue weighted by Crippen LogP contribution is -2.46. The average molecular weight is 349 g/mol. The molecule has 1 aliphatic carbocycles. The number of carbonyl (C=O) groups excluding carboxylic acids is 2. The summed E-state index contributed by atoms with van der Waals surface area (Å²) in [5.41, 5.74) is 0.258. The lowest BCUT2D eigenvalue weighted by molar-refractivity contribution is -0.130. The molecule has 1 saturated carbocycles. The number of methoxy groups -OCH3 is 2. The number of esters is 1. The molecule has 0 bridgehead atoms. The van der Waals surface area contributed by atoms with E-state index in [-0.39, 0.29) is 17.5 Å². The molecule has 1 fully saturated rings. The van der Waals surface area contributed by atoms with E-state index in [1.54, 1.807) is 25.1 Å². The first-order valence-electron chi connectivity index (χ1n) is 8.69. The summed E-state index contributed by atoms with van der Waals surface area (Å²) in [6.45, 7) is 3.72. The van der Waals surface area contributed by atoms with Crippen LogP contribution < -0.4 is 14.8 Å². The van der Waals surface area contributed by atoms with Gasteiger partial charge in [-0.2, -0.15) is 0 Å². The Morgan fingerprint density at radius 3 is 2.52 bits per heavy atom. The molecule has 0 spiro atoms. The highest BCUT2D eigenvalue weighted by Gasteiger charge is 2.27. The standard InChI is InChI=1S/C19H27NO5/c1-12-7-5-6-8-16(12)20-18(21)13(2)25-19(22)15-10-9-14(23-3)11-17(15)24-4/h9-13,16H,5-8H2,1-4H3,(H,20,21)/t12-,13-,16-/m1/s1. The molecular weight excluding hydrogens is 322 g/mol. The molecule has 0 heterocycles. The van der Waals surface area contributed by atoms with E-state index in [2.05, 4.69) is 12.2 Å². The molecule has 6 heteroatoms. The third kappa shape index (κ3) is 4.87. The lowest BCUT2D eigenvalue weighted by Gasteiger charge is -2.30. The summed E-state index contributed by atoms with van der Waals surface area (Å²) < 4.78 is 15.6. The van der Waals surface area contributed by atoms with Crippen molar-refractivity contribution in [2.24, 2.45) is 5.92 Å². The largest absolute Gasteiger partial charge is 0.497 e. The molecule has 1 aromatic rings. The highest BCUT2D eigenvalue weighted by atomic mass is 16.5. The van der Waals surface area contributed by atoms with Crippen LogP contribution in [0.2, 0.25) is 0 Å². The Hall–Kier alpha value is -2.24. The normalized spacial score (nSPS) is 21.1. The molecule has 0 aromatic heterocycles. The van der Waals surface area contributed by atoms with Gasteiger partial charge < -0.3 is 19.5 Å². The van der Waals surface area contributed by atoms with E-state index < -0.39 is 12.1 Å². The monoisotopic (exact) mass is 349 g/mol. The van der Waals surface area contributed by atoms with Crippen LogP contribution in [0, 0.1) is 5.92 Å². The minimum atomic E-state index is -0.867. The zero-order chi connectivity index (χ0) is 18.4. The van der Waals surface area contributed by atoms with Crippen molar-refractivity contribution >= 4 is 11.9 Å². The second kappa shape index (κ2) is 8.74. The SMILES string of the molecule is COc1ccc(C(=O)O[C@H](C)C(=O)N[C@@H]2CCCC[C@H]2C)c(OC)c1. The molecule has 0 unspecified atom stereocenters. The fourth-order valence-corrected chi connectivity index (χ4v) is 3.08. The maximum Gasteiger partial charge on any atom is 0.342 e. The van der Waals surface area contributed by atoms with Gasteiger partial charge in [-0.15, -0.1) is 0 Å². The van der Waals surface area contributed by atoms with Crippen molar-refractivity contribution in [2.45, 2.75) is 51.7 Å². The summed E-state index contributed by atoms with van der Waals surface area (Å²) in [6, 6.07) is 4.96. The third-order valence-corrected chi connectivity index (χ3v) is 4.72. The molecule has 3 atom stereocenters. The second-order valence-corrected chi connectivity index (χ2v) is 6.49. The van der Waals surface area contributed by atoms with E-state index in [9.17, 15) is 9.59 Å². The highest BCUT2D eigenvalue weighted by molar-refractivity contribution is 5.94. The van der Waals surface area contributed by atoms with Gasteiger partial charge in [0, 0.05) is 12.1 Å².